The van der Waals surface area contributed by atoms with Crippen LogP contribution in [0.15, 0.2) is 0 Å². The van der Waals surface area contributed by atoms with Gasteiger partial charge in [-0.25, -0.2) is 4.79 Å². The van der Waals surface area contributed by atoms with Crippen molar-refractivity contribution in [1.82, 2.24) is 0 Å². The highest BCUT2D eigenvalue weighted by atomic mass is 35.5. The number of hydrogen-bond acceptors (Lipinski definition) is 3. The van der Waals surface area contributed by atoms with E-state index < -0.39 is 12.1 Å². The van der Waals surface area contributed by atoms with Crippen LogP contribution in [0, 0.1) is 0 Å². The smallest absolute Gasteiger partial charge is 0.332 e. The largest absolute Gasteiger partial charge is 0.479 e. The number of carboxylic acid groups (broad SMARTS) is 1. The van der Waals surface area contributed by atoms with E-state index in [1.807, 2.05) is 0 Å². The highest BCUT2D eigenvalue weighted by Gasteiger charge is 2.16. The van der Waals surface area contributed by atoms with Crippen LogP contribution in [0.1, 0.15) is 51.9 Å². The number of ether oxygens (including phenoxy) is 1. The third kappa shape index (κ3) is 10.3. The molecule has 100 valence electrons. The van der Waals surface area contributed by atoms with Crippen molar-refractivity contribution in [2.45, 2.75) is 58.0 Å². The Labute approximate surface area is 107 Å². The maximum absolute atomic E-state index is 10.8. The summed E-state index contributed by atoms with van der Waals surface area (Å²) in [6.07, 6.45) is 4.89. The molecular weight excluding hydrogens is 244 g/mol. The van der Waals surface area contributed by atoms with Gasteiger partial charge < -0.3 is 9.84 Å². The summed E-state index contributed by atoms with van der Waals surface area (Å²) in [4.78, 5) is 21.2. The molecule has 0 aliphatic carbocycles. The molecule has 0 saturated heterocycles. The SMILES string of the molecule is CCOC(CCCCCCCC(=O)Cl)C(=O)O. The molecule has 0 saturated carbocycles. The third-order valence-corrected chi connectivity index (χ3v) is 2.67. The van der Waals surface area contributed by atoms with Gasteiger partial charge in [0.2, 0.25) is 5.24 Å². The normalized spacial score (nSPS) is 12.4. The molecule has 0 fully saturated rings. The fourth-order valence-corrected chi connectivity index (χ4v) is 1.74. The number of carboxylic acids is 1. The quantitative estimate of drug-likeness (QED) is 0.460. The molecule has 0 aromatic rings. The van der Waals surface area contributed by atoms with E-state index in [1.165, 1.54) is 0 Å². The summed E-state index contributed by atoms with van der Waals surface area (Å²) in [6.45, 7) is 2.22. The lowest BCUT2D eigenvalue weighted by Gasteiger charge is -2.11. The maximum Gasteiger partial charge on any atom is 0.332 e. The first-order valence-electron chi connectivity index (χ1n) is 6.10. The van der Waals surface area contributed by atoms with Crippen molar-refractivity contribution >= 4 is 22.8 Å². The summed E-state index contributed by atoms with van der Waals surface area (Å²) in [6, 6.07) is 0. The lowest BCUT2D eigenvalue weighted by atomic mass is 10.1. The van der Waals surface area contributed by atoms with Gasteiger partial charge in [0.15, 0.2) is 6.10 Å². The molecular formula is C12H21ClO4. The first-order chi connectivity index (χ1) is 8.07. The van der Waals surface area contributed by atoms with E-state index in [0.717, 1.165) is 32.1 Å². The lowest BCUT2D eigenvalue weighted by molar-refractivity contribution is -0.150. The van der Waals surface area contributed by atoms with Crippen LogP contribution in [-0.2, 0) is 14.3 Å². The second kappa shape index (κ2) is 10.5. The Morgan fingerprint density at radius 1 is 1.18 bits per heavy atom. The van der Waals surface area contributed by atoms with Gasteiger partial charge in [-0.1, -0.05) is 25.7 Å². The van der Waals surface area contributed by atoms with E-state index >= 15 is 0 Å². The standard InChI is InChI=1S/C12H21ClO4/c1-2-17-10(12(15)16)8-6-4-3-5-7-9-11(13)14/h10H,2-9H2,1H3,(H,15,16). The minimum Gasteiger partial charge on any atom is -0.479 e. The molecule has 0 heterocycles. The molecule has 0 radical (unpaired) electrons. The Balaban J connectivity index is 3.42. The summed E-state index contributed by atoms with van der Waals surface area (Å²) in [5, 5.41) is 8.54. The van der Waals surface area contributed by atoms with Crippen molar-refractivity contribution in [2.75, 3.05) is 6.61 Å². The first kappa shape index (κ1) is 16.4. The molecule has 5 heteroatoms. The maximum atomic E-state index is 10.8. The zero-order valence-corrected chi connectivity index (χ0v) is 11.0. The molecule has 0 rings (SSSR count). The van der Waals surface area contributed by atoms with Crippen LogP contribution >= 0.6 is 11.6 Å². The van der Waals surface area contributed by atoms with E-state index in [-0.39, 0.29) is 5.24 Å². The molecule has 1 N–H and O–H groups in total. The summed E-state index contributed by atoms with van der Waals surface area (Å²) in [5.41, 5.74) is 0. The summed E-state index contributed by atoms with van der Waals surface area (Å²) < 4.78 is 5.10. The van der Waals surface area contributed by atoms with Gasteiger partial charge in [-0.15, -0.1) is 0 Å². The fraction of sp³-hybridized carbons (Fsp3) is 0.833. The highest BCUT2D eigenvalue weighted by molar-refractivity contribution is 6.63. The summed E-state index contributed by atoms with van der Waals surface area (Å²) >= 11 is 5.21. The summed E-state index contributed by atoms with van der Waals surface area (Å²) in [5.74, 6) is -0.889. The number of hydrogen-bond donors (Lipinski definition) is 1. The highest BCUT2D eigenvalue weighted by Crippen LogP contribution is 2.11. The molecule has 0 aromatic heterocycles. The molecule has 0 aromatic carbocycles. The van der Waals surface area contributed by atoms with Gasteiger partial charge in [0.25, 0.3) is 0 Å². The Morgan fingerprint density at radius 3 is 2.29 bits per heavy atom. The second-order valence-corrected chi connectivity index (χ2v) is 4.37. The van der Waals surface area contributed by atoms with Crippen molar-refractivity contribution in [3.05, 3.63) is 0 Å². The van der Waals surface area contributed by atoms with E-state index in [4.69, 9.17) is 21.4 Å². The monoisotopic (exact) mass is 264 g/mol. The van der Waals surface area contributed by atoms with E-state index in [9.17, 15) is 9.59 Å². The Bertz CT molecular complexity index is 231. The predicted octanol–water partition coefficient (Wildman–Crippen LogP) is 2.97. The van der Waals surface area contributed by atoms with Gasteiger partial charge in [-0.05, 0) is 31.4 Å². The molecule has 1 unspecified atom stereocenters. The van der Waals surface area contributed by atoms with Crippen molar-refractivity contribution < 1.29 is 19.4 Å². The number of unbranched alkanes of at least 4 members (excludes halogenated alkanes) is 4. The van der Waals surface area contributed by atoms with Gasteiger partial charge >= 0.3 is 5.97 Å². The van der Waals surface area contributed by atoms with Gasteiger partial charge in [0.05, 0.1) is 0 Å². The first-order valence-corrected chi connectivity index (χ1v) is 6.48. The van der Waals surface area contributed by atoms with Crippen LogP contribution in [0.5, 0.6) is 0 Å². The molecule has 0 amide bonds. The number of rotatable bonds is 11. The van der Waals surface area contributed by atoms with E-state index in [2.05, 4.69) is 0 Å². The minimum atomic E-state index is -0.889. The van der Waals surface area contributed by atoms with Crippen molar-refractivity contribution in [3.8, 4) is 0 Å². The Kier molecular flexibility index (Phi) is 10.2. The van der Waals surface area contributed by atoms with Gasteiger partial charge in [0.1, 0.15) is 0 Å². The second-order valence-electron chi connectivity index (χ2n) is 3.94. The van der Waals surface area contributed by atoms with Crippen LogP contribution in [0.25, 0.3) is 0 Å². The fourth-order valence-electron chi connectivity index (χ4n) is 1.60. The number of halogens is 1. The molecule has 4 nitrogen and oxygen atoms in total. The average molecular weight is 265 g/mol. The Morgan fingerprint density at radius 2 is 1.76 bits per heavy atom. The topological polar surface area (TPSA) is 63.6 Å². The Hall–Kier alpha value is -0.610. The van der Waals surface area contributed by atoms with Crippen LogP contribution in [0.2, 0.25) is 0 Å². The van der Waals surface area contributed by atoms with Crippen LogP contribution in [0.3, 0.4) is 0 Å². The number of carbonyl (C=O) groups is 2. The molecule has 0 aliphatic rings. The van der Waals surface area contributed by atoms with Crippen molar-refractivity contribution in [1.29, 1.82) is 0 Å². The van der Waals surface area contributed by atoms with Crippen LogP contribution in [0.4, 0.5) is 0 Å². The zero-order valence-electron chi connectivity index (χ0n) is 10.3. The van der Waals surface area contributed by atoms with Gasteiger partial charge in [0, 0.05) is 13.0 Å². The predicted molar refractivity (Wildman–Crippen MR) is 66.2 cm³/mol. The molecule has 17 heavy (non-hydrogen) atoms. The molecule has 0 aliphatic heterocycles. The van der Waals surface area contributed by atoms with Crippen LogP contribution in [-0.4, -0.2) is 29.0 Å². The third-order valence-electron chi connectivity index (χ3n) is 2.48. The van der Waals surface area contributed by atoms with Crippen molar-refractivity contribution in [2.24, 2.45) is 0 Å². The zero-order chi connectivity index (χ0) is 13.1. The van der Waals surface area contributed by atoms with Gasteiger partial charge in [-0.3, -0.25) is 4.79 Å². The molecule has 1 atom stereocenters. The van der Waals surface area contributed by atoms with Gasteiger partial charge in [-0.2, -0.15) is 0 Å². The minimum absolute atomic E-state index is 0.285. The lowest BCUT2D eigenvalue weighted by Crippen LogP contribution is -2.23. The number of carbonyl (C=O) groups excluding carboxylic acids is 1. The molecule has 0 spiro atoms. The summed E-state index contributed by atoms with van der Waals surface area (Å²) in [7, 11) is 0. The van der Waals surface area contributed by atoms with E-state index in [1.54, 1.807) is 6.92 Å². The van der Waals surface area contributed by atoms with E-state index in [0.29, 0.717) is 19.4 Å². The van der Waals surface area contributed by atoms with Crippen molar-refractivity contribution in [3.63, 3.8) is 0 Å². The van der Waals surface area contributed by atoms with Crippen LogP contribution < -0.4 is 0 Å². The average Bonchev–Trinajstić information content (AvgIpc) is 2.25. The number of aliphatic carboxylic acids is 1. The molecule has 0 bridgehead atoms.